The summed E-state index contributed by atoms with van der Waals surface area (Å²) in [6, 6.07) is 12.2. The Kier molecular flexibility index (Phi) is 3.56. The maximum Gasteiger partial charge on any atom is 0.224 e. The molecule has 20 heavy (non-hydrogen) atoms. The summed E-state index contributed by atoms with van der Waals surface area (Å²) in [6.07, 6.45) is 2.46. The molecule has 2 heterocycles. The summed E-state index contributed by atoms with van der Waals surface area (Å²) in [6.45, 7) is 0.612. The number of aromatic nitrogens is 1. The lowest BCUT2D eigenvalue weighted by molar-refractivity contribution is -0.120. The Morgan fingerprint density at radius 2 is 2.10 bits per heavy atom. The Labute approximate surface area is 121 Å². The zero-order valence-corrected chi connectivity index (χ0v) is 12.1. The van der Waals surface area contributed by atoms with Gasteiger partial charge in [0.2, 0.25) is 5.91 Å². The minimum Gasteiger partial charge on any atom is -0.351 e. The molecule has 1 aromatic carbocycles. The Morgan fingerprint density at radius 3 is 2.90 bits per heavy atom. The van der Waals surface area contributed by atoms with Crippen LogP contribution < -0.4 is 5.32 Å². The normalized spacial score (nSPS) is 10.8. The number of rotatable bonds is 4. The van der Waals surface area contributed by atoms with E-state index in [1.165, 1.54) is 4.88 Å². The first-order chi connectivity index (χ1) is 9.74. The van der Waals surface area contributed by atoms with Crippen molar-refractivity contribution in [2.24, 2.45) is 7.05 Å². The molecule has 0 aliphatic carbocycles. The second kappa shape index (κ2) is 5.51. The topological polar surface area (TPSA) is 34.0 Å². The zero-order chi connectivity index (χ0) is 13.9. The number of carbonyl (C=O) groups excluding carboxylic acids is 1. The van der Waals surface area contributed by atoms with Gasteiger partial charge in [-0.15, -0.1) is 11.3 Å². The number of aryl methyl sites for hydroxylation is 1. The maximum atomic E-state index is 12.0. The molecule has 0 aliphatic heterocycles. The quantitative estimate of drug-likeness (QED) is 0.785. The molecule has 3 aromatic rings. The van der Waals surface area contributed by atoms with Crippen LogP contribution in [-0.4, -0.2) is 10.5 Å². The van der Waals surface area contributed by atoms with E-state index in [0.717, 1.165) is 16.5 Å². The predicted molar refractivity (Wildman–Crippen MR) is 82.8 cm³/mol. The molecule has 3 rings (SSSR count). The van der Waals surface area contributed by atoms with Crippen molar-refractivity contribution in [3.63, 3.8) is 0 Å². The van der Waals surface area contributed by atoms with Crippen LogP contribution in [0.4, 0.5) is 0 Å². The third-order valence-corrected chi connectivity index (χ3v) is 4.25. The summed E-state index contributed by atoms with van der Waals surface area (Å²) in [5, 5.41) is 6.14. The van der Waals surface area contributed by atoms with Crippen LogP contribution in [0.15, 0.2) is 48.0 Å². The highest BCUT2D eigenvalue weighted by Gasteiger charge is 2.10. The van der Waals surface area contributed by atoms with Crippen molar-refractivity contribution in [2.45, 2.75) is 13.0 Å². The van der Waals surface area contributed by atoms with Gasteiger partial charge in [-0.25, -0.2) is 0 Å². The van der Waals surface area contributed by atoms with E-state index in [9.17, 15) is 4.79 Å². The van der Waals surface area contributed by atoms with Crippen LogP contribution in [0.2, 0.25) is 0 Å². The molecule has 2 aromatic heterocycles. The molecule has 4 heteroatoms. The van der Waals surface area contributed by atoms with E-state index in [2.05, 4.69) is 22.0 Å². The van der Waals surface area contributed by atoms with Crippen molar-refractivity contribution >= 4 is 28.1 Å². The first-order valence-corrected chi connectivity index (χ1v) is 7.44. The van der Waals surface area contributed by atoms with Crippen LogP contribution in [0, 0.1) is 0 Å². The third-order valence-electron chi connectivity index (χ3n) is 3.37. The maximum absolute atomic E-state index is 12.0. The number of para-hydroxylation sites is 1. The van der Waals surface area contributed by atoms with E-state index < -0.39 is 0 Å². The van der Waals surface area contributed by atoms with Gasteiger partial charge in [-0.1, -0.05) is 24.3 Å². The number of nitrogens with one attached hydrogen (secondary N) is 1. The second-order valence-corrected chi connectivity index (χ2v) is 5.85. The van der Waals surface area contributed by atoms with Crippen LogP contribution in [0.1, 0.15) is 10.4 Å². The van der Waals surface area contributed by atoms with E-state index in [1.54, 1.807) is 11.3 Å². The van der Waals surface area contributed by atoms with Crippen molar-refractivity contribution in [1.82, 2.24) is 9.88 Å². The van der Waals surface area contributed by atoms with E-state index >= 15 is 0 Å². The molecule has 3 nitrogen and oxygen atoms in total. The van der Waals surface area contributed by atoms with Gasteiger partial charge < -0.3 is 9.88 Å². The van der Waals surface area contributed by atoms with Gasteiger partial charge in [0.15, 0.2) is 0 Å². The molecule has 1 amide bonds. The lowest BCUT2D eigenvalue weighted by Gasteiger charge is -2.03. The fourth-order valence-corrected chi connectivity index (χ4v) is 3.05. The monoisotopic (exact) mass is 284 g/mol. The number of carbonyl (C=O) groups is 1. The average Bonchev–Trinajstić information content (AvgIpc) is 3.07. The minimum atomic E-state index is 0.0646. The molecular formula is C16H16N2OS. The van der Waals surface area contributed by atoms with Crippen molar-refractivity contribution in [3.8, 4) is 0 Å². The van der Waals surface area contributed by atoms with Gasteiger partial charge in [0, 0.05) is 29.0 Å². The highest BCUT2D eigenvalue weighted by Crippen LogP contribution is 2.20. The first-order valence-electron chi connectivity index (χ1n) is 6.56. The number of fused-ring (bicyclic) bond motifs is 1. The summed E-state index contributed by atoms with van der Waals surface area (Å²) >= 11 is 1.66. The number of nitrogens with zero attached hydrogens (tertiary/aromatic N) is 1. The SMILES string of the molecule is Cn1cc(CC(=O)NCc2cccs2)c2ccccc21. The van der Waals surface area contributed by atoms with Crippen LogP contribution in [-0.2, 0) is 24.8 Å². The number of hydrogen-bond donors (Lipinski definition) is 1. The highest BCUT2D eigenvalue weighted by atomic mass is 32.1. The smallest absolute Gasteiger partial charge is 0.224 e. The molecule has 0 saturated carbocycles. The van der Waals surface area contributed by atoms with Gasteiger partial charge in [0.1, 0.15) is 0 Å². The van der Waals surface area contributed by atoms with E-state index in [-0.39, 0.29) is 5.91 Å². The molecule has 0 unspecified atom stereocenters. The van der Waals surface area contributed by atoms with E-state index in [1.807, 2.05) is 42.9 Å². The lowest BCUT2D eigenvalue weighted by atomic mass is 10.1. The van der Waals surface area contributed by atoms with Gasteiger partial charge in [0.25, 0.3) is 0 Å². The fraction of sp³-hybridized carbons (Fsp3) is 0.188. The van der Waals surface area contributed by atoms with E-state index in [0.29, 0.717) is 13.0 Å². The lowest BCUT2D eigenvalue weighted by Crippen LogP contribution is -2.24. The third kappa shape index (κ3) is 2.60. The Morgan fingerprint density at radius 1 is 1.25 bits per heavy atom. The number of hydrogen-bond acceptors (Lipinski definition) is 2. The van der Waals surface area contributed by atoms with Crippen molar-refractivity contribution < 1.29 is 4.79 Å². The molecule has 102 valence electrons. The second-order valence-electron chi connectivity index (χ2n) is 4.82. The molecule has 1 N–H and O–H groups in total. The van der Waals surface area contributed by atoms with Gasteiger partial charge in [-0.3, -0.25) is 4.79 Å². The summed E-state index contributed by atoms with van der Waals surface area (Å²) in [5.74, 6) is 0.0646. The molecule has 0 aliphatic rings. The van der Waals surface area contributed by atoms with Gasteiger partial charge in [0.05, 0.1) is 13.0 Å². The minimum absolute atomic E-state index is 0.0646. The number of amides is 1. The number of benzene rings is 1. The average molecular weight is 284 g/mol. The van der Waals surface area contributed by atoms with Crippen molar-refractivity contribution in [2.75, 3.05) is 0 Å². The predicted octanol–water partition coefficient (Wildman–Crippen LogP) is 3.10. The standard InChI is InChI=1S/C16H16N2OS/c1-18-11-12(14-6-2-3-7-15(14)18)9-16(19)17-10-13-5-4-8-20-13/h2-8,11H,9-10H2,1H3,(H,17,19). The van der Waals surface area contributed by atoms with Gasteiger partial charge in [-0.05, 0) is 23.1 Å². The Hall–Kier alpha value is -2.07. The summed E-state index contributed by atoms with van der Waals surface area (Å²) in [7, 11) is 2.01. The highest BCUT2D eigenvalue weighted by molar-refractivity contribution is 7.09. The summed E-state index contributed by atoms with van der Waals surface area (Å²) in [5.41, 5.74) is 2.24. The molecule has 0 fully saturated rings. The molecule has 0 atom stereocenters. The van der Waals surface area contributed by atoms with E-state index in [4.69, 9.17) is 0 Å². The fourth-order valence-electron chi connectivity index (χ4n) is 2.40. The largest absolute Gasteiger partial charge is 0.351 e. The van der Waals surface area contributed by atoms with Crippen LogP contribution in [0.3, 0.4) is 0 Å². The van der Waals surface area contributed by atoms with Crippen molar-refractivity contribution in [3.05, 3.63) is 58.4 Å². The Balaban J connectivity index is 1.71. The molecule has 0 bridgehead atoms. The van der Waals surface area contributed by atoms with Crippen LogP contribution >= 0.6 is 11.3 Å². The molecule has 0 radical (unpaired) electrons. The molecular weight excluding hydrogens is 268 g/mol. The van der Waals surface area contributed by atoms with Crippen LogP contribution in [0.5, 0.6) is 0 Å². The van der Waals surface area contributed by atoms with Crippen LogP contribution in [0.25, 0.3) is 10.9 Å². The van der Waals surface area contributed by atoms with Gasteiger partial charge in [-0.2, -0.15) is 0 Å². The first kappa shape index (κ1) is 12.9. The summed E-state index contributed by atoms with van der Waals surface area (Å²) < 4.78 is 2.07. The molecule has 0 spiro atoms. The van der Waals surface area contributed by atoms with Crippen molar-refractivity contribution in [1.29, 1.82) is 0 Å². The Bertz CT molecular complexity index is 728. The summed E-state index contributed by atoms with van der Waals surface area (Å²) in [4.78, 5) is 13.2. The zero-order valence-electron chi connectivity index (χ0n) is 11.3. The molecule has 0 saturated heterocycles. The van der Waals surface area contributed by atoms with Gasteiger partial charge >= 0.3 is 0 Å². The number of thiophene rings is 1.